The molecule has 6 heteroatoms. The molecule has 2 aliphatic heterocycles. The number of alkyl halides is 2. The minimum atomic E-state index is -2.71. The molecule has 2 saturated heterocycles. The summed E-state index contributed by atoms with van der Waals surface area (Å²) in [6.45, 7) is 7.82. The molecule has 4 nitrogen and oxygen atoms in total. The van der Waals surface area contributed by atoms with E-state index in [0.717, 1.165) is 0 Å². The third-order valence-corrected chi connectivity index (χ3v) is 3.85. The van der Waals surface area contributed by atoms with Crippen LogP contribution in [0.5, 0.6) is 0 Å². The lowest BCUT2D eigenvalue weighted by atomic mass is 10.1. The summed E-state index contributed by atoms with van der Waals surface area (Å²) < 4.78 is 33.0. The Kier molecular flexibility index (Phi) is 4.08. The predicted molar refractivity (Wildman–Crippen MR) is 71.7 cm³/mol. The van der Waals surface area contributed by atoms with Crippen LogP contribution in [0.2, 0.25) is 0 Å². The average molecular weight is 290 g/mol. The highest BCUT2D eigenvalue weighted by Crippen LogP contribution is 2.36. The highest BCUT2D eigenvalue weighted by molar-refractivity contribution is 5.72. The first-order valence-corrected chi connectivity index (χ1v) is 7.18. The van der Waals surface area contributed by atoms with Gasteiger partial charge in [0, 0.05) is 19.1 Å². The van der Waals surface area contributed by atoms with Gasteiger partial charge in [0.15, 0.2) is 0 Å². The second kappa shape index (κ2) is 5.22. The third kappa shape index (κ3) is 3.28. The molecule has 116 valence electrons. The van der Waals surface area contributed by atoms with Crippen LogP contribution < -0.4 is 5.32 Å². The zero-order valence-electron chi connectivity index (χ0n) is 12.6. The van der Waals surface area contributed by atoms with Crippen LogP contribution in [-0.4, -0.2) is 54.1 Å². The Bertz CT molecular complexity index is 382. The SMILES string of the molecule is CC(CN1CC[C@@H]2NCC(F)(F)[C@@H]21)C(=O)OC(C)(C)C. The van der Waals surface area contributed by atoms with Crippen LogP contribution in [0, 0.1) is 5.92 Å². The number of nitrogens with one attached hydrogen (secondary N) is 1. The minimum Gasteiger partial charge on any atom is -0.460 e. The summed E-state index contributed by atoms with van der Waals surface area (Å²) in [7, 11) is 0. The molecule has 0 amide bonds. The van der Waals surface area contributed by atoms with E-state index in [9.17, 15) is 13.6 Å². The second-order valence-electron chi connectivity index (χ2n) is 6.91. The number of carbonyl (C=O) groups is 1. The van der Waals surface area contributed by atoms with Crippen molar-refractivity contribution in [3.05, 3.63) is 0 Å². The van der Waals surface area contributed by atoms with Gasteiger partial charge in [-0.2, -0.15) is 0 Å². The first-order valence-electron chi connectivity index (χ1n) is 7.18. The molecule has 0 saturated carbocycles. The van der Waals surface area contributed by atoms with Crippen LogP contribution in [0.3, 0.4) is 0 Å². The summed E-state index contributed by atoms with van der Waals surface area (Å²) in [6.07, 6.45) is 0.710. The fourth-order valence-corrected chi connectivity index (χ4v) is 3.04. The molecule has 2 rings (SSSR count). The summed E-state index contributed by atoms with van der Waals surface area (Å²) in [5, 5.41) is 2.87. The number of fused-ring (bicyclic) bond motifs is 1. The van der Waals surface area contributed by atoms with Gasteiger partial charge in [-0.05, 0) is 27.2 Å². The molecule has 0 spiro atoms. The van der Waals surface area contributed by atoms with E-state index in [1.807, 2.05) is 0 Å². The Morgan fingerprint density at radius 3 is 2.75 bits per heavy atom. The van der Waals surface area contributed by atoms with Crippen LogP contribution in [-0.2, 0) is 9.53 Å². The van der Waals surface area contributed by atoms with Gasteiger partial charge in [0.25, 0.3) is 5.92 Å². The smallest absolute Gasteiger partial charge is 0.310 e. The van der Waals surface area contributed by atoms with Gasteiger partial charge in [-0.15, -0.1) is 0 Å². The highest BCUT2D eigenvalue weighted by atomic mass is 19.3. The highest BCUT2D eigenvalue weighted by Gasteiger charge is 2.55. The average Bonchev–Trinajstić information content (AvgIpc) is 2.79. The predicted octanol–water partition coefficient (Wildman–Crippen LogP) is 1.65. The van der Waals surface area contributed by atoms with E-state index in [0.29, 0.717) is 19.5 Å². The van der Waals surface area contributed by atoms with Crippen molar-refractivity contribution in [3.8, 4) is 0 Å². The molecule has 0 aromatic heterocycles. The Labute approximate surface area is 118 Å². The standard InChI is InChI=1S/C14H24F2N2O2/c1-9(12(19)20-13(2,3)4)7-18-6-5-10-11(18)14(15,16)8-17-10/h9-11,17H,5-8H2,1-4H3/t9?,10-,11+/m0/s1. The maximum Gasteiger partial charge on any atom is 0.310 e. The van der Waals surface area contributed by atoms with Crippen LogP contribution in [0.25, 0.3) is 0 Å². The molecule has 0 aromatic rings. The van der Waals surface area contributed by atoms with Gasteiger partial charge >= 0.3 is 5.97 Å². The summed E-state index contributed by atoms with van der Waals surface area (Å²) in [5.41, 5.74) is -0.544. The van der Waals surface area contributed by atoms with Gasteiger partial charge in [-0.25, -0.2) is 8.78 Å². The van der Waals surface area contributed by atoms with E-state index in [2.05, 4.69) is 5.32 Å². The van der Waals surface area contributed by atoms with Crippen molar-refractivity contribution >= 4 is 5.97 Å². The van der Waals surface area contributed by atoms with Crippen LogP contribution in [0.15, 0.2) is 0 Å². The van der Waals surface area contributed by atoms with E-state index in [4.69, 9.17) is 4.74 Å². The summed E-state index contributed by atoms with van der Waals surface area (Å²) >= 11 is 0. The number of hydrogen-bond acceptors (Lipinski definition) is 4. The van der Waals surface area contributed by atoms with Crippen LogP contribution in [0.4, 0.5) is 8.78 Å². The zero-order valence-corrected chi connectivity index (χ0v) is 12.6. The lowest BCUT2D eigenvalue weighted by Crippen LogP contribution is -2.47. The number of nitrogens with zero attached hydrogens (tertiary/aromatic N) is 1. The lowest BCUT2D eigenvalue weighted by Gasteiger charge is -2.30. The van der Waals surface area contributed by atoms with Crippen molar-refractivity contribution in [3.63, 3.8) is 0 Å². The third-order valence-electron chi connectivity index (χ3n) is 3.85. The van der Waals surface area contributed by atoms with Gasteiger partial charge in [-0.1, -0.05) is 6.92 Å². The monoisotopic (exact) mass is 290 g/mol. The molecular formula is C14H24F2N2O2. The van der Waals surface area contributed by atoms with Crippen molar-refractivity contribution in [1.29, 1.82) is 0 Å². The number of rotatable bonds is 3. The Hall–Kier alpha value is -0.750. The van der Waals surface area contributed by atoms with E-state index in [1.165, 1.54) is 0 Å². The summed E-state index contributed by atoms with van der Waals surface area (Å²) in [4.78, 5) is 13.7. The zero-order chi connectivity index (χ0) is 15.1. The molecule has 0 aromatic carbocycles. The van der Waals surface area contributed by atoms with Crippen molar-refractivity contribution in [1.82, 2.24) is 10.2 Å². The van der Waals surface area contributed by atoms with E-state index in [-0.39, 0.29) is 18.6 Å². The maximum atomic E-state index is 13.9. The maximum absolute atomic E-state index is 13.9. The van der Waals surface area contributed by atoms with Crippen molar-refractivity contribution < 1.29 is 18.3 Å². The molecule has 1 N–H and O–H groups in total. The van der Waals surface area contributed by atoms with Crippen molar-refractivity contribution in [2.24, 2.45) is 5.92 Å². The number of esters is 1. The number of ether oxygens (including phenoxy) is 1. The molecule has 2 fully saturated rings. The van der Waals surface area contributed by atoms with Crippen LogP contribution >= 0.6 is 0 Å². The number of carbonyl (C=O) groups excluding carboxylic acids is 1. The fourth-order valence-electron chi connectivity index (χ4n) is 3.04. The molecule has 2 heterocycles. The minimum absolute atomic E-state index is 0.157. The Balaban J connectivity index is 1.95. The Morgan fingerprint density at radius 1 is 1.50 bits per heavy atom. The molecule has 0 radical (unpaired) electrons. The Morgan fingerprint density at radius 2 is 2.15 bits per heavy atom. The largest absolute Gasteiger partial charge is 0.460 e. The molecule has 20 heavy (non-hydrogen) atoms. The number of likely N-dealkylation sites (tertiary alicyclic amines) is 1. The van der Waals surface area contributed by atoms with Crippen molar-refractivity contribution in [2.45, 2.75) is 57.7 Å². The quantitative estimate of drug-likeness (QED) is 0.803. The number of hydrogen-bond donors (Lipinski definition) is 1. The summed E-state index contributed by atoms with van der Waals surface area (Å²) in [6, 6.07) is -0.941. The van der Waals surface area contributed by atoms with Crippen LogP contribution in [0.1, 0.15) is 34.1 Å². The first-order chi connectivity index (χ1) is 9.10. The molecular weight excluding hydrogens is 266 g/mol. The normalized spacial score (nSPS) is 31.1. The first kappa shape index (κ1) is 15.6. The molecule has 1 unspecified atom stereocenters. The van der Waals surface area contributed by atoms with E-state index in [1.54, 1.807) is 32.6 Å². The topological polar surface area (TPSA) is 41.6 Å². The van der Waals surface area contributed by atoms with Gasteiger partial charge in [0.1, 0.15) is 5.60 Å². The van der Waals surface area contributed by atoms with Gasteiger partial charge < -0.3 is 10.1 Å². The molecule has 2 aliphatic rings. The van der Waals surface area contributed by atoms with Gasteiger partial charge in [0.05, 0.1) is 18.5 Å². The van der Waals surface area contributed by atoms with Gasteiger partial charge in [0.2, 0.25) is 0 Å². The molecule has 3 atom stereocenters. The summed E-state index contributed by atoms with van der Waals surface area (Å²) in [5.74, 6) is -3.44. The fraction of sp³-hybridized carbons (Fsp3) is 0.929. The van der Waals surface area contributed by atoms with Crippen molar-refractivity contribution in [2.75, 3.05) is 19.6 Å². The lowest BCUT2D eigenvalue weighted by molar-refractivity contribution is -0.160. The van der Waals surface area contributed by atoms with Gasteiger partial charge in [-0.3, -0.25) is 9.69 Å². The van der Waals surface area contributed by atoms with E-state index < -0.39 is 23.5 Å². The number of halogens is 2. The molecule has 0 aliphatic carbocycles. The van der Waals surface area contributed by atoms with E-state index >= 15 is 0 Å². The molecule has 0 bridgehead atoms. The second-order valence-corrected chi connectivity index (χ2v) is 6.91.